The van der Waals surface area contributed by atoms with Gasteiger partial charge in [-0.1, -0.05) is 35.9 Å². The second-order valence-electron chi connectivity index (χ2n) is 6.76. The highest BCUT2D eigenvalue weighted by atomic mass is 35.5. The number of para-hydroxylation sites is 2. The number of Topliss-reactive ketones (excluding diaryl/α,β-unsaturated/α-hetero) is 1. The minimum absolute atomic E-state index is 0.0456. The van der Waals surface area contributed by atoms with Crippen molar-refractivity contribution in [3.05, 3.63) is 59.1 Å². The first-order valence-corrected chi connectivity index (χ1v) is 9.55. The van der Waals surface area contributed by atoms with Crippen LogP contribution in [0.5, 0.6) is 5.75 Å². The normalized spacial score (nSPS) is 16.2. The summed E-state index contributed by atoms with van der Waals surface area (Å²) in [6, 6.07) is 15.0. The van der Waals surface area contributed by atoms with Crippen LogP contribution in [0.15, 0.2) is 48.5 Å². The molecule has 1 unspecified atom stereocenters. The zero-order valence-electron chi connectivity index (χ0n) is 15.5. The number of halogens is 1. The van der Waals surface area contributed by atoms with E-state index in [1.54, 1.807) is 18.2 Å². The van der Waals surface area contributed by atoms with Gasteiger partial charge in [0.15, 0.2) is 5.78 Å². The number of hydrogen-bond acceptors (Lipinski definition) is 5. The number of aliphatic hydroxyl groups excluding tert-OH is 1. The Hall–Kier alpha value is -2.08. The summed E-state index contributed by atoms with van der Waals surface area (Å²) < 4.78 is 5.68. The third kappa shape index (κ3) is 5.22. The first-order valence-electron chi connectivity index (χ1n) is 9.17. The van der Waals surface area contributed by atoms with Crippen LogP contribution in [-0.4, -0.2) is 61.2 Å². The summed E-state index contributed by atoms with van der Waals surface area (Å²) in [5.41, 5.74) is 1.60. The number of ketones is 1. The largest absolute Gasteiger partial charge is 0.490 e. The number of ether oxygens (including phenoxy) is 1. The number of carbonyl (C=O) groups excluding carboxylic acids is 1. The van der Waals surface area contributed by atoms with E-state index in [0.717, 1.165) is 36.9 Å². The minimum atomic E-state index is -0.614. The minimum Gasteiger partial charge on any atom is -0.490 e. The van der Waals surface area contributed by atoms with Crippen molar-refractivity contribution < 1.29 is 14.6 Å². The number of carbonyl (C=O) groups is 1. The molecule has 5 nitrogen and oxygen atoms in total. The molecule has 1 N–H and O–H groups in total. The van der Waals surface area contributed by atoms with Crippen molar-refractivity contribution in [3.8, 4) is 5.75 Å². The van der Waals surface area contributed by atoms with Crippen molar-refractivity contribution in [1.82, 2.24) is 4.90 Å². The molecule has 0 radical (unpaired) electrons. The van der Waals surface area contributed by atoms with Gasteiger partial charge < -0.3 is 14.7 Å². The number of rotatable bonds is 7. The van der Waals surface area contributed by atoms with Gasteiger partial charge in [-0.15, -0.1) is 0 Å². The van der Waals surface area contributed by atoms with Gasteiger partial charge in [-0.2, -0.15) is 0 Å². The van der Waals surface area contributed by atoms with Crippen LogP contribution in [0.4, 0.5) is 5.69 Å². The lowest BCUT2D eigenvalue weighted by molar-refractivity contribution is 0.0656. The quantitative estimate of drug-likeness (QED) is 0.738. The fourth-order valence-electron chi connectivity index (χ4n) is 3.30. The lowest BCUT2D eigenvalue weighted by Gasteiger charge is -2.37. The Morgan fingerprint density at radius 2 is 1.78 bits per heavy atom. The van der Waals surface area contributed by atoms with Crippen LogP contribution in [0.1, 0.15) is 17.3 Å². The lowest BCUT2D eigenvalue weighted by Crippen LogP contribution is -2.49. The van der Waals surface area contributed by atoms with Gasteiger partial charge in [-0.25, -0.2) is 0 Å². The van der Waals surface area contributed by atoms with E-state index in [9.17, 15) is 9.90 Å². The highest BCUT2D eigenvalue weighted by Gasteiger charge is 2.21. The molecule has 1 aliphatic rings. The van der Waals surface area contributed by atoms with Gasteiger partial charge in [-0.05, 0) is 31.2 Å². The van der Waals surface area contributed by atoms with E-state index in [1.807, 2.05) is 30.3 Å². The summed E-state index contributed by atoms with van der Waals surface area (Å²) in [6.07, 6.45) is -0.614. The monoisotopic (exact) mass is 388 g/mol. The summed E-state index contributed by atoms with van der Waals surface area (Å²) >= 11 is 6.28. The topological polar surface area (TPSA) is 53.0 Å². The number of benzene rings is 2. The highest BCUT2D eigenvalue weighted by Crippen LogP contribution is 2.26. The Labute approximate surface area is 165 Å². The number of nitrogens with zero attached hydrogens (tertiary/aromatic N) is 2. The van der Waals surface area contributed by atoms with Crippen LogP contribution in [0, 0.1) is 0 Å². The van der Waals surface area contributed by atoms with Gasteiger partial charge in [0.2, 0.25) is 0 Å². The van der Waals surface area contributed by atoms with Crippen molar-refractivity contribution in [2.45, 2.75) is 13.0 Å². The van der Waals surface area contributed by atoms with Gasteiger partial charge >= 0.3 is 0 Å². The smallest absolute Gasteiger partial charge is 0.163 e. The SMILES string of the molecule is CC(=O)c1ccccc1OCC(O)CN1CCN(c2ccccc2Cl)CC1. The van der Waals surface area contributed by atoms with Crippen molar-refractivity contribution in [1.29, 1.82) is 0 Å². The standard InChI is InChI=1S/C21H25ClN2O3/c1-16(25)18-6-2-5-9-21(18)27-15-17(26)14-23-10-12-24(13-11-23)20-8-4-3-7-19(20)22/h2-9,17,26H,10-15H2,1H3. The Morgan fingerprint density at radius 1 is 1.11 bits per heavy atom. The molecule has 2 aromatic rings. The number of anilines is 1. The molecule has 2 aromatic carbocycles. The predicted molar refractivity (Wildman–Crippen MR) is 108 cm³/mol. The second-order valence-corrected chi connectivity index (χ2v) is 7.16. The third-order valence-corrected chi connectivity index (χ3v) is 5.05. The summed E-state index contributed by atoms with van der Waals surface area (Å²) in [6.45, 7) is 5.65. The van der Waals surface area contributed by atoms with Crippen LogP contribution >= 0.6 is 11.6 Å². The van der Waals surface area contributed by atoms with Crippen LogP contribution in [0.2, 0.25) is 5.02 Å². The maximum absolute atomic E-state index is 11.6. The summed E-state index contributed by atoms with van der Waals surface area (Å²) in [5.74, 6) is 0.475. The average Bonchev–Trinajstić information content (AvgIpc) is 2.68. The molecule has 1 atom stereocenters. The molecule has 6 heteroatoms. The van der Waals surface area contributed by atoms with E-state index < -0.39 is 6.10 Å². The van der Waals surface area contributed by atoms with E-state index in [-0.39, 0.29) is 12.4 Å². The zero-order valence-corrected chi connectivity index (χ0v) is 16.2. The third-order valence-electron chi connectivity index (χ3n) is 4.73. The maximum Gasteiger partial charge on any atom is 0.163 e. The summed E-state index contributed by atoms with van der Waals surface area (Å²) in [4.78, 5) is 16.1. The Morgan fingerprint density at radius 3 is 2.48 bits per heavy atom. The van der Waals surface area contributed by atoms with Gasteiger partial charge in [0.25, 0.3) is 0 Å². The average molecular weight is 389 g/mol. The van der Waals surface area contributed by atoms with Crippen LogP contribution in [0.3, 0.4) is 0 Å². The molecule has 0 spiro atoms. The molecule has 0 saturated carbocycles. The molecule has 1 heterocycles. The molecule has 1 fully saturated rings. The fraction of sp³-hybridized carbons (Fsp3) is 0.381. The van der Waals surface area contributed by atoms with E-state index >= 15 is 0 Å². The molecular weight excluding hydrogens is 364 g/mol. The first kappa shape index (κ1) is 19.7. The van der Waals surface area contributed by atoms with Crippen molar-refractivity contribution in [3.63, 3.8) is 0 Å². The van der Waals surface area contributed by atoms with E-state index in [0.29, 0.717) is 17.9 Å². The highest BCUT2D eigenvalue weighted by molar-refractivity contribution is 6.33. The summed E-state index contributed by atoms with van der Waals surface area (Å²) in [7, 11) is 0. The van der Waals surface area contributed by atoms with Gasteiger partial charge in [-0.3, -0.25) is 9.69 Å². The van der Waals surface area contributed by atoms with E-state index in [1.165, 1.54) is 6.92 Å². The lowest BCUT2D eigenvalue weighted by atomic mass is 10.1. The number of β-amino-alcohol motifs (C(OH)–C–C–N with tert-alkyl or cyclic N) is 1. The molecule has 0 aliphatic carbocycles. The van der Waals surface area contributed by atoms with Crippen molar-refractivity contribution in [2.75, 3.05) is 44.2 Å². The van der Waals surface area contributed by atoms with Crippen LogP contribution in [-0.2, 0) is 0 Å². The Balaban J connectivity index is 1.47. The van der Waals surface area contributed by atoms with Crippen LogP contribution < -0.4 is 9.64 Å². The maximum atomic E-state index is 11.6. The predicted octanol–water partition coefficient (Wildman–Crippen LogP) is 3.10. The second kappa shape index (κ2) is 9.22. The fourth-order valence-corrected chi connectivity index (χ4v) is 3.55. The van der Waals surface area contributed by atoms with Crippen molar-refractivity contribution >= 4 is 23.1 Å². The van der Waals surface area contributed by atoms with Gasteiger partial charge in [0.05, 0.1) is 16.3 Å². The van der Waals surface area contributed by atoms with Crippen LogP contribution in [0.25, 0.3) is 0 Å². The summed E-state index contributed by atoms with van der Waals surface area (Å²) in [5, 5.41) is 11.1. The zero-order chi connectivity index (χ0) is 19.2. The molecule has 0 aromatic heterocycles. The molecule has 144 valence electrons. The number of hydrogen-bond donors (Lipinski definition) is 1. The van der Waals surface area contributed by atoms with E-state index in [2.05, 4.69) is 9.80 Å². The van der Waals surface area contributed by atoms with E-state index in [4.69, 9.17) is 16.3 Å². The van der Waals surface area contributed by atoms with Crippen molar-refractivity contribution in [2.24, 2.45) is 0 Å². The molecule has 0 amide bonds. The molecule has 3 rings (SSSR count). The molecule has 1 saturated heterocycles. The molecule has 0 bridgehead atoms. The molecule has 1 aliphatic heterocycles. The number of aliphatic hydroxyl groups is 1. The first-order chi connectivity index (χ1) is 13.0. The molecule has 27 heavy (non-hydrogen) atoms. The number of piperazine rings is 1. The van der Waals surface area contributed by atoms with Gasteiger partial charge in [0, 0.05) is 32.7 Å². The Kier molecular flexibility index (Phi) is 6.72. The molecular formula is C21H25ClN2O3. The van der Waals surface area contributed by atoms with Gasteiger partial charge in [0.1, 0.15) is 18.5 Å². The Bertz CT molecular complexity index is 776.